The van der Waals surface area contributed by atoms with Crippen molar-refractivity contribution in [3.63, 3.8) is 0 Å². The largest absolute Gasteiger partial charge is 0.399 e. The molecule has 0 atom stereocenters. The molecule has 0 bridgehead atoms. The molecule has 0 aliphatic heterocycles. The van der Waals surface area contributed by atoms with Crippen LogP contribution < -0.4 is 10.5 Å². The van der Waals surface area contributed by atoms with E-state index in [-0.39, 0.29) is 10.6 Å². The molecule has 8 heteroatoms. The van der Waals surface area contributed by atoms with Gasteiger partial charge in [0.1, 0.15) is 10.7 Å². The molecule has 0 saturated carbocycles. The van der Waals surface area contributed by atoms with E-state index in [1.165, 1.54) is 18.2 Å². The molecular formula is C13H11Br2FN2O2S. The van der Waals surface area contributed by atoms with Crippen LogP contribution in [0, 0.1) is 12.7 Å². The van der Waals surface area contributed by atoms with Crippen LogP contribution in [0.15, 0.2) is 44.2 Å². The van der Waals surface area contributed by atoms with Crippen LogP contribution in [0.1, 0.15) is 5.56 Å². The number of hydrogen-bond acceptors (Lipinski definition) is 3. The molecule has 2 aromatic rings. The molecule has 0 amide bonds. The van der Waals surface area contributed by atoms with Crippen LogP contribution >= 0.6 is 31.9 Å². The van der Waals surface area contributed by atoms with Gasteiger partial charge in [-0.2, -0.15) is 0 Å². The second-order valence-electron chi connectivity index (χ2n) is 4.44. The smallest absolute Gasteiger partial charge is 0.264 e. The molecule has 2 aromatic carbocycles. The van der Waals surface area contributed by atoms with Crippen molar-refractivity contribution in [2.75, 3.05) is 10.5 Å². The monoisotopic (exact) mass is 436 g/mol. The summed E-state index contributed by atoms with van der Waals surface area (Å²) in [6.07, 6.45) is 0. The van der Waals surface area contributed by atoms with E-state index >= 15 is 0 Å². The Labute approximate surface area is 138 Å². The van der Waals surface area contributed by atoms with Gasteiger partial charge in [0.15, 0.2) is 0 Å². The van der Waals surface area contributed by atoms with Crippen molar-refractivity contribution >= 4 is 53.3 Å². The molecule has 2 rings (SSSR count). The van der Waals surface area contributed by atoms with Crippen molar-refractivity contribution in [3.05, 3.63) is 50.7 Å². The first kappa shape index (κ1) is 16.3. The molecule has 0 aliphatic rings. The van der Waals surface area contributed by atoms with Crippen LogP contribution in [-0.4, -0.2) is 8.42 Å². The Bertz CT molecular complexity index is 767. The van der Waals surface area contributed by atoms with Gasteiger partial charge in [0.25, 0.3) is 10.0 Å². The molecular weight excluding hydrogens is 427 g/mol. The maximum absolute atomic E-state index is 13.3. The fourth-order valence-corrected chi connectivity index (χ4v) is 5.50. The van der Waals surface area contributed by atoms with E-state index in [0.29, 0.717) is 20.2 Å². The van der Waals surface area contributed by atoms with E-state index < -0.39 is 15.8 Å². The number of benzene rings is 2. The predicted molar refractivity (Wildman–Crippen MR) is 88.2 cm³/mol. The molecule has 112 valence electrons. The van der Waals surface area contributed by atoms with Gasteiger partial charge in [-0.25, -0.2) is 12.8 Å². The maximum Gasteiger partial charge on any atom is 0.264 e. The number of hydrogen-bond donors (Lipinski definition) is 2. The third kappa shape index (κ3) is 3.75. The van der Waals surface area contributed by atoms with E-state index in [0.717, 1.165) is 6.07 Å². The maximum atomic E-state index is 13.3. The van der Waals surface area contributed by atoms with Crippen LogP contribution in [0.5, 0.6) is 0 Å². The van der Waals surface area contributed by atoms with Gasteiger partial charge in [-0.3, -0.25) is 4.72 Å². The topological polar surface area (TPSA) is 72.2 Å². The number of nitrogens with two attached hydrogens (primary N) is 1. The quantitative estimate of drug-likeness (QED) is 0.711. The lowest BCUT2D eigenvalue weighted by atomic mass is 10.2. The highest BCUT2D eigenvalue weighted by atomic mass is 79.9. The first-order valence-corrected chi connectivity index (χ1v) is 8.80. The SMILES string of the molecule is Cc1cc(F)cc(NS(=O)(=O)c2c(Br)cc(N)cc2Br)c1. The summed E-state index contributed by atoms with van der Waals surface area (Å²) in [6.45, 7) is 1.68. The van der Waals surface area contributed by atoms with Crippen LogP contribution in [0.3, 0.4) is 0 Å². The Kier molecular flexibility index (Phi) is 4.60. The number of sulfonamides is 1. The van der Waals surface area contributed by atoms with Crippen LogP contribution in [0.25, 0.3) is 0 Å². The van der Waals surface area contributed by atoms with Gasteiger partial charge in [-0.15, -0.1) is 0 Å². The highest BCUT2D eigenvalue weighted by molar-refractivity contribution is 9.11. The molecule has 4 nitrogen and oxygen atoms in total. The molecule has 21 heavy (non-hydrogen) atoms. The number of nitrogens with one attached hydrogen (secondary N) is 1. The first-order valence-electron chi connectivity index (χ1n) is 5.73. The van der Waals surface area contributed by atoms with Gasteiger partial charge in [0, 0.05) is 14.6 Å². The molecule has 0 fully saturated rings. The Morgan fingerprint density at radius 2 is 1.67 bits per heavy atom. The van der Waals surface area contributed by atoms with Crippen molar-refractivity contribution < 1.29 is 12.8 Å². The van der Waals surface area contributed by atoms with E-state index in [4.69, 9.17) is 5.73 Å². The number of nitrogen functional groups attached to an aromatic ring is 1. The summed E-state index contributed by atoms with van der Waals surface area (Å²) in [7, 11) is -3.89. The highest BCUT2D eigenvalue weighted by Crippen LogP contribution is 2.33. The molecule has 0 spiro atoms. The van der Waals surface area contributed by atoms with Gasteiger partial charge < -0.3 is 5.73 Å². The highest BCUT2D eigenvalue weighted by Gasteiger charge is 2.22. The van der Waals surface area contributed by atoms with Gasteiger partial charge in [0.2, 0.25) is 0 Å². The summed E-state index contributed by atoms with van der Waals surface area (Å²) in [5.41, 5.74) is 6.82. The molecule has 0 heterocycles. The van der Waals surface area contributed by atoms with Crippen molar-refractivity contribution in [2.45, 2.75) is 11.8 Å². The van der Waals surface area contributed by atoms with Gasteiger partial charge in [0.05, 0.1) is 5.69 Å². The minimum absolute atomic E-state index is 0.00128. The zero-order valence-electron chi connectivity index (χ0n) is 10.8. The van der Waals surface area contributed by atoms with E-state index in [1.54, 1.807) is 13.0 Å². The minimum atomic E-state index is -3.89. The average molecular weight is 438 g/mol. The summed E-state index contributed by atoms with van der Waals surface area (Å²) >= 11 is 6.35. The third-order valence-electron chi connectivity index (χ3n) is 2.58. The normalized spacial score (nSPS) is 11.4. The summed E-state index contributed by atoms with van der Waals surface area (Å²) in [5.74, 6) is -0.511. The standard InChI is InChI=1S/C13H11Br2FN2O2S/c1-7-2-8(16)4-10(3-7)18-21(19,20)13-11(14)5-9(17)6-12(13)15/h2-6,18H,17H2,1H3. The van der Waals surface area contributed by atoms with Crippen LogP contribution in [0.2, 0.25) is 0 Å². The van der Waals surface area contributed by atoms with E-state index in [1.807, 2.05) is 0 Å². The van der Waals surface area contributed by atoms with E-state index in [9.17, 15) is 12.8 Å². The summed E-state index contributed by atoms with van der Waals surface area (Å²) in [5, 5.41) is 0. The van der Waals surface area contributed by atoms with Gasteiger partial charge >= 0.3 is 0 Å². The molecule has 0 aliphatic carbocycles. The molecule has 0 radical (unpaired) electrons. The van der Waals surface area contributed by atoms with Crippen LogP contribution in [-0.2, 0) is 10.0 Å². The van der Waals surface area contributed by atoms with Gasteiger partial charge in [-0.1, -0.05) is 0 Å². The Morgan fingerprint density at radius 3 is 2.19 bits per heavy atom. The number of halogens is 3. The average Bonchev–Trinajstić information content (AvgIpc) is 2.23. The lowest BCUT2D eigenvalue weighted by Gasteiger charge is -2.12. The summed E-state index contributed by atoms with van der Waals surface area (Å²) < 4.78 is 41.2. The van der Waals surface area contributed by atoms with Crippen LogP contribution in [0.4, 0.5) is 15.8 Å². The molecule has 3 N–H and O–H groups in total. The minimum Gasteiger partial charge on any atom is -0.399 e. The molecule has 0 aromatic heterocycles. The van der Waals surface area contributed by atoms with Crippen molar-refractivity contribution in [1.29, 1.82) is 0 Å². The summed E-state index contributed by atoms with van der Waals surface area (Å²) in [6, 6.07) is 6.93. The fourth-order valence-electron chi connectivity index (χ4n) is 1.84. The Hall–Kier alpha value is -1.12. The zero-order chi connectivity index (χ0) is 15.8. The van der Waals surface area contributed by atoms with E-state index in [2.05, 4.69) is 36.6 Å². The van der Waals surface area contributed by atoms with Gasteiger partial charge in [-0.05, 0) is 74.7 Å². The second kappa shape index (κ2) is 5.94. The number of aryl methyl sites for hydroxylation is 1. The summed E-state index contributed by atoms with van der Waals surface area (Å²) in [4.78, 5) is -0.00128. The first-order chi connectivity index (χ1) is 9.69. The second-order valence-corrected chi connectivity index (χ2v) is 7.76. The van der Waals surface area contributed by atoms with Crippen molar-refractivity contribution in [2.24, 2.45) is 0 Å². The van der Waals surface area contributed by atoms with Crippen molar-refractivity contribution in [3.8, 4) is 0 Å². The lowest BCUT2D eigenvalue weighted by molar-refractivity contribution is 0.600. The van der Waals surface area contributed by atoms with Crippen molar-refractivity contribution in [1.82, 2.24) is 0 Å². The number of anilines is 2. The third-order valence-corrected chi connectivity index (χ3v) is 5.84. The lowest BCUT2D eigenvalue weighted by Crippen LogP contribution is -2.14. The Balaban J connectivity index is 2.48. The molecule has 0 unspecified atom stereocenters. The fraction of sp³-hybridized carbons (Fsp3) is 0.0769. The number of rotatable bonds is 3. The Morgan fingerprint density at radius 1 is 1.10 bits per heavy atom. The molecule has 0 saturated heterocycles. The zero-order valence-corrected chi connectivity index (χ0v) is 14.8. The predicted octanol–water partition coefficient (Wildman–Crippen LogP) is 4.04.